The molecule has 3 aromatic rings. The molecule has 0 bridgehead atoms. The van der Waals surface area contributed by atoms with Gasteiger partial charge in [-0.05, 0) is 64.5 Å². The Balaban J connectivity index is 2.01. The van der Waals surface area contributed by atoms with Crippen molar-refractivity contribution in [3.8, 4) is 0 Å². The number of aromatic nitrogens is 3. The number of hydrogen-bond acceptors (Lipinski definition) is 5. The van der Waals surface area contributed by atoms with Gasteiger partial charge in [-0.3, -0.25) is 14.4 Å². The second-order valence-corrected chi connectivity index (χ2v) is 8.67. The average molecular weight is 414 g/mol. The van der Waals surface area contributed by atoms with Crippen molar-refractivity contribution in [1.82, 2.24) is 19.7 Å². The molecule has 1 amide bonds. The van der Waals surface area contributed by atoms with Crippen LogP contribution in [-0.4, -0.2) is 51.8 Å². The minimum atomic E-state index is -0.0396. The summed E-state index contributed by atoms with van der Waals surface area (Å²) in [5.74, 6) is -0.0396. The molecular formula is C22H31N5OS. The van der Waals surface area contributed by atoms with Gasteiger partial charge in [-0.15, -0.1) is 0 Å². The molecule has 0 fully saturated rings. The fourth-order valence-electron chi connectivity index (χ4n) is 3.41. The average Bonchev–Trinajstić information content (AvgIpc) is 3.28. The maximum Gasteiger partial charge on any atom is 0.278 e. The van der Waals surface area contributed by atoms with Crippen molar-refractivity contribution in [3.63, 3.8) is 0 Å². The van der Waals surface area contributed by atoms with Crippen LogP contribution in [0, 0.1) is 13.8 Å². The summed E-state index contributed by atoms with van der Waals surface area (Å²) in [4.78, 5) is 22.6. The van der Waals surface area contributed by atoms with Crippen molar-refractivity contribution in [2.24, 2.45) is 0 Å². The van der Waals surface area contributed by atoms with Crippen LogP contribution in [-0.2, 0) is 0 Å². The fourth-order valence-corrected chi connectivity index (χ4v) is 4.50. The number of amides is 1. The molecule has 0 N–H and O–H groups in total. The minimum absolute atomic E-state index is 0.0396. The lowest BCUT2D eigenvalue weighted by atomic mass is 10.2. The van der Waals surface area contributed by atoms with Gasteiger partial charge in [0.15, 0.2) is 5.13 Å². The topological polar surface area (TPSA) is 54.3 Å². The summed E-state index contributed by atoms with van der Waals surface area (Å²) in [5, 5.41) is 5.28. The van der Waals surface area contributed by atoms with Gasteiger partial charge in [0.05, 0.1) is 15.9 Å². The second kappa shape index (κ2) is 9.05. The number of carbonyl (C=O) groups excluding carboxylic acids is 1. The normalized spacial score (nSPS) is 11.7. The fraction of sp³-hybridized carbons (Fsp3) is 0.500. The van der Waals surface area contributed by atoms with E-state index in [-0.39, 0.29) is 11.9 Å². The van der Waals surface area contributed by atoms with Crippen molar-refractivity contribution < 1.29 is 4.79 Å². The predicted molar refractivity (Wildman–Crippen MR) is 121 cm³/mol. The van der Waals surface area contributed by atoms with Crippen LogP contribution in [0.4, 0.5) is 5.13 Å². The lowest BCUT2D eigenvalue weighted by molar-refractivity contribution is 0.0971. The summed E-state index contributed by atoms with van der Waals surface area (Å²) in [6.45, 7) is 15.7. The number of rotatable bonds is 8. The zero-order valence-electron chi connectivity index (χ0n) is 18.3. The lowest BCUT2D eigenvalue weighted by Crippen LogP contribution is -2.39. The van der Waals surface area contributed by atoms with Crippen LogP contribution in [0.1, 0.15) is 55.5 Å². The minimum Gasteiger partial charge on any atom is -0.302 e. The number of likely N-dealkylation sites (N-methyl/N-ethyl adjacent to an activating group) is 1. The molecule has 7 heteroatoms. The van der Waals surface area contributed by atoms with Crippen molar-refractivity contribution in [1.29, 1.82) is 0 Å². The molecule has 0 aliphatic rings. The van der Waals surface area contributed by atoms with Gasteiger partial charge in [0.25, 0.3) is 5.91 Å². The quantitative estimate of drug-likeness (QED) is 0.538. The number of thiazole rings is 1. The van der Waals surface area contributed by atoms with Gasteiger partial charge in [-0.25, -0.2) is 4.98 Å². The van der Waals surface area contributed by atoms with Gasteiger partial charge in [-0.2, -0.15) is 5.10 Å². The molecule has 2 heterocycles. The Morgan fingerprint density at radius 1 is 1.14 bits per heavy atom. The Morgan fingerprint density at radius 3 is 2.52 bits per heavy atom. The van der Waals surface area contributed by atoms with Gasteiger partial charge in [-0.1, -0.05) is 31.3 Å². The molecule has 0 saturated carbocycles. The van der Waals surface area contributed by atoms with Gasteiger partial charge >= 0.3 is 0 Å². The zero-order valence-corrected chi connectivity index (χ0v) is 19.1. The highest BCUT2D eigenvalue weighted by atomic mass is 32.1. The Morgan fingerprint density at radius 2 is 1.86 bits per heavy atom. The first-order valence-electron chi connectivity index (χ1n) is 10.3. The van der Waals surface area contributed by atoms with Gasteiger partial charge in [0.2, 0.25) is 0 Å². The lowest BCUT2D eigenvalue weighted by Gasteiger charge is -2.25. The molecule has 6 nitrogen and oxygen atoms in total. The highest BCUT2D eigenvalue weighted by Crippen LogP contribution is 2.30. The van der Waals surface area contributed by atoms with Crippen LogP contribution in [0.2, 0.25) is 0 Å². The number of fused-ring (bicyclic) bond motifs is 1. The highest BCUT2D eigenvalue weighted by molar-refractivity contribution is 7.22. The van der Waals surface area contributed by atoms with Crippen molar-refractivity contribution in [2.45, 2.75) is 47.6 Å². The summed E-state index contributed by atoms with van der Waals surface area (Å²) in [7, 11) is 0. The molecule has 1 aromatic carbocycles. The number of anilines is 1. The Labute approximate surface area is 177 Å². The number of benzene rings is 1. The first kappa shape index (κ1) is 21.5. The standard InChI is InChI=1S/C22H31N5OS/c1-7-25(8-2)11-12-26(21(28)19-14-17(6)24-27(19)15(3)4)22-23-18-10-9-16(5)13-20(18)29-22/h9-10,13-15H,7-8,11-12H2,1-6H3. The second-order valence-electron chi connectivity index (χ2n) is 7.66. The van der Waals surface area contributed by atoms with Crippen LogP contribution in [0.15, 0.2) is 24.3 Å². The zero-order chi connectivity index (χ0) is 21.1. The molecule has 0 aliphatic heterocycles. The van der Waals surface area contributed by atoms with E-state index in [2.05, 4.69) is 42.9 Å². The molecule has 0 radical (unpaired) electrons. The largest absolute Gasteiger partial charge is 0.302 e. The third-order valence-electron chi connectivity index (χ3n) is 5.11. The van der Waals surface area contributed by atoms with Gasteiger partial charge in [0, 0.05) is 19.1 Å². The van der Waals surface area contributed by atoms with E-state index in [4.69, 9.17) is 4.98 Å². The van der Waals surface area contributed by atoms with Crippen LogP contribution in [0.3, 0.4) is 0 Å². The van der Waals surface area contributed by atoms with E-state index in [9.17, 15) is 4.79 Å². The summed E-state index contributed by atoms with van der Waals surface area (Å²) in [6, 6.07) is 8.21. The molecule has 2 aromatic heterocycles. The number of hydrogen-bond donors (Lipinski definition) is 0. The third-order valence-corrected chi connectivity index (χ3v) is 6.15. The van der Waals surface area contributed by atoms with Crippen LogP contribution < -0.4 is 4.90 Å². The molecule has 0 saturated heterocycles. The maximum absolute atomic E-state index is 13.6. The molecular weight excluding hydrogens is 382 g/mol. The van der Waals surface area contributed by atoms with Crippen molar-refractivity contribution in [2.75, 3.05) is 31.1 Å². The van der Waals surface area contributed by atoms with E-state index in [0.29, 0.717) is 12.2 Å². The molecule has 0 spiro atoms. The van der Waals surface area contributed by atoms with Gasteiger partial charge in [0.1, 0.15) is 5.69 Å². The van der Waals surface area contributed by atoms with Crippen LogP contribution in [0.5, 0.6) is 0 Å². The molecule has 0 atom stereocenters. The Kier molecular flexibility index (Phi) is 6.70. The third kappa shape index (κ3) is 4.67. The summed E-state index contributed by atoms with van der Waals surface area (Å²) in [5.41, 5.74) is 3.60. The first-order valence-corrected chi connectivity index (χ1v) is 11.1. The molecule has 3 rings (SSSR count). The van der Waals surface area contributed by atoms with E-state index in [1.165, 1.54) is 5.56 Å². The van der Waals surface area contributed by atoms with Gasteiger partial charge < -0.3 is 4.90 Å². The number of aryl methyl sites for hydroxylation is 2. The van der Waals surface area contributed by atoms with Crippen molar-refractivity contribution >= 4 is 32.6 Å². The summed E-state index contributed by atoms with van der Waals surface area (Å²) >= 11 is 1.58. The Bertz CT molecular complexity index is 986. The van der Waals surface area contributed by atoms with E-state index in [0.717, 1.165) is 40.7 Å². The molecule has 0 unspecified atom stereocenters. The van der Waals surface area contributed by atoms with E-state index in [1.54, 1.807) is 11.3 Å². The number of carbonyl (C=O) groups is 1. The van der Waals surface area contributed by atoms with E-state index in [1.807, 2.05) is 42.5 Å². The number of nitrogens with zero attached hydrogens (tertiary/aromatic N) is 5. The van der Waals surface area contributed by atoms with E-state index >= 15 is 0 Å². The van der Waals surface area contributed by atoms with Crippen LogP contribution >= 0.6 is 11.3 Å². The molecule has 0 aliphatic carbocycles. The SMILES string of the molecule is CCN(CC)CCN(C(=O)c1cc(C)nn1C(C)C)c1nc2ccc(C)cc2s1. The molecule has 29 heavy (non-hydrogen) atoms. The highest BCUT2D eigenvalue weighted by Gasteiger charge is 2.26. The first-order chi connectivity index (χ1) is 13.8. The van der Waals surface area contributed by atoms with Crippen LogP contribution in [0.25, 0.3) is 10.2 Å². The van der Waals surface area contributed by atoms with Crippen molar-refractivity contribution in [3.05, 3.63) is 41.2 Å². The summed E-state index contributed by atoms with van der Waals surface area (Å²) < 4.78 is 2.92. The smallest absolute Gasteiger partial charge is 0.278 e. The Hall–Kier alpha value is -2.25. The molecule has 156 valence electrons. The van der Waals surface area contributed by atoms with E-state index < -0.39 is 0 Å². The predicted octanol–water partition coefficient (Wildman–Crippen LogP) is 4.68. The monoisotopic (exact) mass is 413 g/mol. The summed E-state index contributed by atoms with van der Waals surface area (Å²) in [6.07, 6.45) is 0. The maximum atomic E-state index is 13.6.